The standard InChI is InChI=1S/C17H19BO2/c1-13-3-5-15(6-4-13)16-7-9-17(10-8-16)18-19-11-14(2)12-20-18/h3-10,14H,11-12H2,1-2H3. The van der Waals surface area contributed by atoms with Gasteiger partial charge in [-0.25, -0.2) is 0 Å². The van der Waals surface area contributed by atoms with Crippen molar-refractivity contribution >= 4 is 12.6 Å². The van der Waals surface area contributed by atoms with Gasteiger partial charge in [-0.05, 0) is 29.4 Å². The van der Waals surface area contributed by atoms with Crippen LogP contribution in [-0.4, -0.2) is 20.3 Å². The molecule has 2 nitrogen and oxygen atoms in total. The second-order valence-corrected chi connectivity index (χ2v) is 5.59. The van der Waals surface area contributed by atoms with Crippen molar-refractivity contribution in [1.29, 1.82) is 0 Å². The van der Waals surface area contributed by atoms with E-state index in [4.69, 9.17) is 9.31 Å². The molecule has 1 aliphatic rings. The van der Waals surface area contributed by atoms with Crippen LogP contribution in [0.3, 0.4) is 0 Å². The Labute approximate surface area is 120 Å². The Kier molecular flexibility index (Phi) is 3.90. The lowest BCUT2D eigenvalue weighted by atomic mass is 9.77. The molecule has 20 heavy (non-hydrogen) atoms. The molecule has 1 fully saturated rings. The lowest BCUT2D eigenvalue weighted by Crippen LogP contribution is -2.43. The van der Waals surface area contributed by atoms with Crippen LogP contribution in [-0.2, 0) is 9.31 Å². The summed E-state index contributed by atoms with van der Waals surface area (Å²) in [5.41, 5.74) is 4.83. The third-order valence-electron chi connectivity index (χ3n) is 3.63. The molecule has 0 bridgehead atoms. The summed E-state index contributed by atoms with van der Waals surface area (Å²) in [4.78, 5) is 0. The van der Waals surface area contributed by atoms with Crippen LogP contribution < -0.4 is 5.46 Å². The van der Waals surface area contributed by atoms with E-state index in [9.17, 15) is 0 Å². The summed E-state index contributed by atoms with van der Waals surface area (Å²) in [6.07, 6.45) is 0. The van der Waals surface area contributed by atoms with E-state index in [1.54, 1.807) is 0 Å². The molecule has 0 N–H and O–H groups in total. The topological polar surface area (TPSA) is 18.5 Å². The van der Waals surface area contributed by atoms with Crippen molar-refractivity contribution in [3.05, 3.63) is 54.1 Å². The fourth-order valence-electron chi connectivity index (χ4n) is 2.37. The van der Waals surface area contributed by atoms with Gasteiger partial charge in [-0.15, -0.1) is 0 Å². The maximum absolute atomic E-state index is 5.72. The van der Waals surface area contributed by atoms with Crippen LogP contribution in [0.2, 0.25) is 0 Å². The highest BCUT2D eigenvalue weighted by Crippen LogP contribution is 2.19. The van der Waals surface area contributed by atoms with E-state index in [-0.39, 0.29) is 7.12 Å². The summed E-state index contributed by atoms with van der Waals surface area (Å²) in [5.74, 6) is 0.484. The number of rotatable bonds is 2. The first-order valence-corrected chi connectivity index (χ1v) is 7.12. The van der Waals surface area contributed by atoms with Gasteiger partial charge in [-0.2, -0.15) is 0 Å². The van der Waals surface area contributed by atoms with E-state index in [1.165, 1.54) is 16.7 Å². The third kappa shape index (κ3) is 2.95. The molecule has 2 aromatic rings. The van der Waals surface area contributed by atoms with Crippen LogP contribution in [0.5, 0.6) is 0 Å². The minimum absolute atomic E-state index is 0.210. The van der Waals surface area contributed by atoms with Crippen LogP contribution >= 0.6 is 0 Å². The minimum Gasteiger partial charge on any atom is -0.407 e. The molecule has 3 heteroatoms. The average Bonchev–Trinajstić information content (AvgIpc) is 2.49. The van der Waals surface area contributed by atoms with Crippen molar-refractivity contribution in [2.75, 3.05) is 13.2 Å². The average molecular weight is 266 g/mol. The molecule has 102 valence electrons. The van der Waals surface area contributed by atoms with Gasteiger partial charge in [0.2, 0.25) is 0 Å². The van der Waals surface area contributed by atoms with Crippen molar-refractivity contribution in [1.82, 2.24) is 0 Å². The highest BCUT2D eigenvalue weighted by atomic mass is 16.6. The van der Waals surface area contributed by atoms with Crippen LogP contribution in [0.15, 0.2) is 48.5 Å². The van der Waals surface area contributed by atoms with Crippen molar-refractivity contribution in [3.8, 4) is 11.1 Å². The highest BCUT2D eigenvalue weighted by Gasteiger charge is 2.27. The van der Waals surface area contributed by atoms with E-state index in [1.807, 2.05) is 0 Å². The maximum Gasteiger partial charge on any atom is 0.493 e. The molecule has 3 rings (SSSR count). The van der Waals surface area contributed by atoms with Crippen LogP contribution in [0.4, 0.5) is 0 Å². The van der Waals surface area contributed by atoms with Crippen molar-refractivity contribution in [3.63, 3.8) is 0 Å². The Morgan fingerprint density at radius 3 is 1.90 bits per heavy atom. The van der Waals surface area contributed by atoms with Gasteiger partial charge in [-0.1, -0.05) is 61.0 Å². The van der Waals surface area contributed by atoms with Gasteiger partial charge in [0.25, 0.3) is 0 Å². The first kappa shape index (κ1) is 13.4. The van der Waals surface area contributed by atoms with Crippen LogP contribution in [0.25, 0.3) is 11.1 Å². The summed E-state index contributed by atoms with van der Waals surface area (Å²) in [6.45, 7) is 5.77. The fraction of sp³-hybridized carbons (Fsp3) is 0.294. The largest absolute Gasteiger partial charge is 0.493 e. The van der Waals surface area contributed by atoms with Gasteiger partial charge >= 0.3 is 7.12 Å². The highest BCUT2D eigenvalue weighted by molar-refractivity contribution is 6.61. The quantitative estimate of drug-likeness (QED) is 0.778. The molecule has 0 unspecified atom stereocenters. The Morgan fingerprint density at radius 1 is 0.850 bits per heavy atom. The summed E-state index contributed by atoms with van der Waals surface area (Å²) in [7, 11) is -0.210. The number of benzene rings is 2. The molecule has 1 saturated heterocycles. The van der Waals surface area contributed by atoms with E-state index in [0.29, 0.717) is 5.92 Å². The first-order valence-electron chi connectivity index (χ1n) is 7.12. The Morgan fingerprint density at radius 2 is 1.35 bits per heavy atom. The molecule has 0 aromatic heterocycles. The van der Waals surface area contributed by atoms with E-state index < -0.39 is 0 Å². The minimum atomic E-state index is -0.210. The van der Waals surface area contributed by atoms with Gasteiger partial charge in [0.05, 0.1) is 0 Å². The lowest BCUT2D eigenvalue weighted by Gasteiger charge is -2.24. The van der Waals surface area contributed by atoms with Gasteiger partial charge in [0.1, 0.15) is 0 Å². The number of hydrogen-bond acceptors (Lipinski definition) is 2. The summed E-state index contributed by atoms with van der Waals surface area (Å²) < 4.78 is 11.4. The molecular formula is C17H19BO2. The van der Waals surface area contributed by atoms with Gasteiger partial charge in [0, 0.05) is 13.2 Å². The number of hydrogen-bond donors (Lipinski definition) is 0. The van der Waals surface area contributed by atoms with Crippen molar-refractivity contribution < 1.29 is 9.31 Å². The van der Waals surface area contributed by atoms with Crippen LogP contribution in [0, 0.1) is 12.8 Å². The van der Waals surface area contributed by atoms with Crippen LogP contribution in [0.1, 0.15) is 12.5 Å². The molecular weight excluding hydrogens is 247 g/mol. The molecule has 0 aliphatic carbocycles. The van der Waals surface area contributed by atoms with Crippen molar-refractivity contribution in [2.45, 2.75) is 13.8 Å². The molecule has 0 saturated carbocycles. The molecule has 0 radical (unpaired) electrons. The van der Waals surface area contributed by atoms with Crippen molar-refractivity contribution in [2.24, 2.45) is 5.92 Å². The lowest BCUT2D eigenvalue weighted by molar-refractivity contribution is 0.0958. The Bertz CT molecular complexity index is 555. The molecule has 0 spiro atoms. The summed E-state index contributed by atoms with van der Waals surface area (Å²) in [5, 5.41) is 0. The van der Waals surface area contributed by atoms with Gasteiger partial charge in [0.15, 0.2) is 0 Å². The van der Waals surface area contributed by atoms with Gasteiger partial charge < -0.3 is 9.31 Å². The zero-order valence-corrected chi connectivity index (χ0v) is 12.0. The molecule has 1 heterocycles. The molecule has 0 amide bonds. The monoisotopic (exact) mass is 266 g/mol. The van der Waals surface area contributed by atoms with E-state index in [0.717, 1.165) is 18.7 Å². The normalized spacial score (nSPS) is 16.4. The second kappa shape index (κ2) is 5.82. The number of aryl methyl sites for hydroxylation is 1. The third-order valence-corrected chi connectivity index (χ3v) is 3.63. The maximum atomic E-state index is 5.72. The predicted octanol–water partition coefficient (Wildman–Crippen LogP) is 3.04. The molecule has 0 atom stereocenters. The molecule has 2 aromatic carbocycles. The second-order valence-electron chi connectivity index (χ2n) is 5.59. The Hall–Kier alpha value is -1.58. The zero-order chi connectivity index (χ0) is 13.9. The predicted molar refractivity (Wildman–Crippen MR) is 83.1 cm³/mol. The van der Waals surface area contributed by atoms with E-state index in [2.05, 4.69) is 62.4 Å². The Balaban J connectivity index is 1.76. The zero-order valence-electron chi connectivity index (χ0n) is 12.0. The smallest absolute Gasteiger partial charge is 0.407 e. The SMILES string of the molecule is Cc1ccc(-c2ccc(B3OCC(C)CO3)cc2)cc1. The molecule has 1 aliphatic heterocycles. The fourth-order valence-corrected chi connectivity index (χ4v) is 2.37. The van der Waals surface area contributed by atoms with E-state index >= 15 is 0 Å². The van der Waals surface area contributed by atoms with Gasteiger partial charge in [-0.3, -0.25) is 0 Å². The summed E-state index contributed by atoms with van der Waals surface area (Å²) >= 11 is 0. The first-order chi connectivity index (χ1) is 9.72. The summed E-state index contributed by atoms with van der Waals surface area (Å²) in [6, 6.07) is 17.0.